The molecule has 0 amide bonds. The number of pyridine rings is 2. The van der Waals surface area contributed by atoms with E-state index in [4.69, 9.17) is 28.9 Å². The fourth-order valence-electron chi connectivity index (χ4n) is 7.41. The molecule has 0 fully saturated rings. The highest BCUT2D eigenvalue weighted by Crippen LogP contribution is 2.43. The average Bonchev–Trinajstić information content (AvgIpc) is 4.01. The van der Waals surface area contributed by atoms with Gasteiger partial charge in [-0.3, -0.25) is 9.97 Å². The van der Waals surface area contributed by atoms with E-state index in [1.54, 1.807) is 22.7 Å². The lowest BCUT2D eigenvalue weighted by atomic mass is 10.1. The minimum Gasteiger partial charge on any atom is -0.493 e. The van der Waals surface area contributed by atoms with Crippen LogP contribution in [0.3, 0.4) is 0 Å². The van der Waals surface area contributed by atoms with Gasteiger partial charge in [-0.2, -0.15) is 0 Å². The van der Waals surface area contributed by atoms with Crippen molar-refractivity contribution in [1.29, 1.82) is 0 Å². The van der Waals surface area contributed by atoms with Crippen molar-refractivity contribution in [3.05, 3.63) is 97.3 Å². The molecule has 0 saturated carbocycles. The molecule has 6 rings (SSSR count). The van der Waals surface area contributed by atoms with E-state index in [1.807, 2.05) is 12.4 Å². The van der Waals surface area contributed by atoms with Crippen molar-refractivity contribution < 1.29 is 18.9 Å². The highest BCUT2D eigenvalue weighted by atomic mass is 32.1. The number of benzene rings is 2. The molecule has 0 atom stereocenters. The normalized spacial score (nSPS) is 11.2. The van der Waals surface area contributed by atoms with Gasteiger partial charge in [0.2, 0.25) is 0 Å². The Morgan fingerprint density at radius 2 is 0.742 bits per heavy atom. The number of ether oxygens (including phenoxy) is 4. The molecule has 6 aromatic rings. The summed E-state index contributed by atoms with van der Waals surface area (Å²) >= 11 is 3.54. The van der Waals surface area contributed by atoms with Crippen LogP contribution in [-0.4, -0.2) is 36.4 Å². The van der Waals surface area contributed by atoms with E-state index in [0.29, 0.717) is 13.2 Å². The lowest BCUT2D eigenvalue weighted by Gasteiger charge is -2.13. The smallest absolute Gasteiger partial charge is 0.131 e. The molecule has 62 heavy (non-hydrogen) atoms. The molecule has 0 aliphatic rings. The summed E-state index contributed by atoms with van der Waals surface area (Å²) < 4.78 is 25.2. The van der Waals surface area contributed by atoms with Gasteiger partial charge in [-0.1, -0.05) is 105 Å². The molecule has 0 spiro atoms. The number of unbranched alkanes of at least 4 members (excludes halogenated alkanes) is 12. The predicted octanol–water partition coefficient (Wildman–Crippen LogP) is 16.8. The van der Waals surface area contributed by atoms with Crippen molar-refractivity contribution >= 4 is 22.7 Å². The lowest BCUT2D eigenvalue weighted by molar-refractivity contribution is 0.291. The first-order valence-electron chi connectivity index (χ1n) is 23.5. The Morgan fingerprint density at radius 3 is 1.13 bits per heavy atom. The first-order valence-corrected chi connectivity index (χ1v) is 25.2. The maximum absolute atomic E-state index is 6.45. The second-order valence-corrected chi connectivity index (χ2v) is 18.3. The molecule has 0 saturated heterocycles. The maximum Gasteiger partial charge on any atom is 0.131 e. The Kier molecular flexibility index (Phi) is 19.7. The van der Waals surface area contributed by atoms with Crippen LogP contribution in [0.15, 0.2) is 97.3 Å². The van der Waals surface area contributed by atoms with E-state index >= 15 is 0 Å². The lowest BCUT2D eigenvalue weighted by Crippen LogP contribution is -2.01. The van der Waals surface area contributed by atoms with E-state index in [2.05, 4.69) is 113 Å². The van der Waals surface area contributed by atoms with Gasteiger partial charge in [0.1, 0.15) is 23.0 Å². The van der Waals surface area contributed by atoms with Crippen LogP contribution in [0.2, 0.25) is 0 Å². The van der Waals surface area contributed by atoms with Gasteiger partial charge in [0, 0.05) is 55.2 Å². The number of hydrogen-bond acceptors (Lipinski definition) is 8. The van der Waals surface area contributed by atoms with Crippen molar-refractivity contribution in [1.82, 2.24) is 9.97 Å². The summed E-state index contributed by atoms with van der Waals surface area (Å²) in [6.07, 6.45) is 22.6. The minimum absolute atomic E-state index is 0.703. The summed E-state index contributed by atoms with van der Waals surface area (Å²) in [5, 5.41) is 0. The molecule has 8 heteroatoms. The Labute approximate surface area is 380 Å². The Bertz CT molecular complexity index is 2060. The molecule has 330 valence electrons. The van der Waals surface area contributed by atoms with Crippen LogP contribution >= 0.6 is 22.7 Å². The van der Waals surface area contributed by atoms with Gasteiger partial charge in [-0.05, 0) is 110 Å². The number of thiophene rings is 2. The van der Waals surface area contributed by atoms with Gasteiger partial charge in [-0.25, -0.2) is 0 Å². The first kappa shape index (κ1) is 46.8. The topological polar surface area (TPSA) is 62.7 Å². The van der Waals surface area contributed by atoms with E-state index in [9.17, 15) is 0 Å². The van der Waals surface area contributed by atoms with Crippen LogP contribution in [0.1, 0.15) is 130 Å². The molecule has 0 radical (unpaired) electrons. The van der Waals surface area contributed by atoms with Gasteiger partial charge < -0.3 is 18.9 Å². The zero-order valence-electron chi connectivity index (χ0n) is 37.7. The summed E-state index contributed by atoms with van der Waals surface area (Å²) in [5.74, 6) is 3.52. The van der Waals surface area contributed by atoms with Gasteiger partial charge >= 0.3 is 0 Å². The average molecular weight is 873 g/mol. The van der Waals surface area contributed by atoms with E-state index < -0.39 is 0 Å². The van der Waals surface area contributed by atoms with Gasteiger partial charge in [0.15, 0.2) is 0 Å². The second-order valence-electron chi connectivity index (χ2n) is 16.1. The highest BCUT2D eigenvalue weighted by Gasteiger charge is 2.16. The molecular formula is C54H68N2O4S2. The second kappa shape index (κ2) is 26.1. The van der Waals surface area contributed by atoms with Crippen LogP contribution in [-0.2, 0) is 0 Å². The molecule has 0 unspecified atom stereocenters. The summed E-state index contributed by atoms with van der Waals surface area (Å²) in [6.45, 7) is 11.8. The highest BCUT2D eigenvalue weighted by molar-refractivity contribution is 7.19. The van der Waals surface area contributed by atoms with Crippen LogP contribution < -0.4 is 18.9 Å². The van der Waals surface area contributed by atoms with Crippen LogP contribution in [0, 0.1) is 0 Å². The van der Waals surface area contributed by atoms with E-state index in [0.717, 1.165) is 95.5 Å². The molecule has 4 heterocycles. The maximum atomic E-state index is 6.45. The fraction of sp³-hybridized carbons (Fsp3) is 0.444. The van der Waals surface area contributed by atoms with Crippen LogP contribution in [0.25, 0.3) is 53.2 Å². The summed E-state index contributed by atoms with van der Waals surface area (Å²) in [6, 6.07) is 29.9. The molecule has 0 N–H and O–H groups in total. The van der Waals surface area contributed by atoms with Crippen LogP contribution in [0.5, 0.6) is 23.0 Å². The van der Waals surface area contributed by atoms with Crippen LogP contribution in [0.4, 0.5) is 0 Å². The van der Waals surface area contributed by atoms with Crippen molar-refractivity contribution in [2.45, 2.75) is 130 Å². The SMILES string of the molecule is CCCCCCOc1ccc(-c2ccc(-c3ccnc(-c4cc(-c5ccc(-c6ccc(OCCCCCC)cc6OCCCCCC)s5)ccn4)c3)s2)c(OCCCCCC)c1. The third kappa shape index (κ3) is 14.2. The van der Waals surface area contributed by atoms with E-state index in [-0.39, 0.29) is 0 Å². The van der Waals surface area contributed by atoms with Gasteiger partial charge in [-0.15, -0.1) is 22.7 Å². The summed E-state index contributed by atoms with van der Waals surface area (Å²) in [7, 11) is 0. The molecule has 0 aliphatic carbocycles. The van der Waals surface area contributed by atoms with Gasteiger partial charge in [0.25, 0.3) is 0 Å². The van der Waals surface area contributed by atoms with Crippen molar-refractivity contribution in [3.8, 4) is 76.1 Å². The predicted molar refractivity (Wildman–Crippen MR) is 264 cm³/mol. The zero-order chi connectivity index (χ0) is 43.2. The van der Waals surface area contributed by atoms with Crippen molar-refractivity contribution in [3.63, 3.8) is 0 Å². The zero-order valence-corrected chi connectivity index (χ0v) is 39.4. The fourth-order valence-corrected chi connectivity index (χ4v) is 9.48. The molecule has 0 bridgehead atoms. The summed E-state index contributed by atoms with van der Waals surface area (Å²) in [4.78, 5) is 14.3. The van der Waals surface area contributed by atoms with E-state index in [1.165, 1.54) is 96.6 Å². The first-order chi connectivity index (χ1) is 30.6. The van der Waals surface area contributed by atoms with Gasteiger partial charge in [0.05, 0.1) is 37.8 Å². The van der Waals surface area contributed by atoms with Crippen molar-refractivity contribution in [2.24, 2.45) is 0 Å². The Hall–Kier alpha value is -4.66. The Balaban J connectivity index is 1.18. The third-order valence-corrected chi connectivity index (χ3v) is 13.4. The number of aromatic nitrogens is 2. The number of nitrogens with zero attached hydrogens (tertiary/aromatic N) is 2. The summed E-state index contributed by atoms with van der Waals surface area (Å²) in [5.41, 5.74) is 6.11. The number of hydrogen-bond donors (Lipinski definition) is 0. The number of rotatable bonds is 29. The standard InChI is InChI=1S/C54H68N2O4S2/c1-5-9-13-17-33-57-43-21-23-45(49(39-43)59-35-19-15-11-7-3)53-27-25-51(61-53)41-29-31-55-47(37-41)48-38-42(30-32-56-48)52-26-28-54(62-52)46-24-22-44(58-34-18-14-10-6-2)40-50(46)60-36-20-16-12-8-4/h21-32,37-40H,5-20,33-36H2,1-4H3. The quantitative estimate of drug-likeness (QED) is 0.0438. The molecular weight excluding hydrogens is 805 g/mol. The largest absolute Gasteiger partial charge is 0.493 e. The molecule has 4 aromatic heterocycles. The third-order valence-electron chi connectivity index (χ3n) is 11.0. The van der Waals surface area contributed by atoms with Crippen molar-refractivity contribution in [2.75, 3.05) is 26.4 Å². The molecule has 6 nitrogen and oxygen atoms in total. The minimum atomic E-state index is 0.703. The molecule has 2 aromatic carbocycles. The monoisotopic (exact) mass is 872 g/mol. The Morgan fingerprint density at radius 1 is 0.371 bits per heavy atom. The molecule has 0 aliphatic heterocycles.